The molecule has 0 saturated heterocycles. The van der Waals surface area contributed by atoms with Gasteiger partial charge in [-0.2, -0.15) is 4.98 Å². The lowest BCUT2D eigenvalue weighted by Crippen LogP contribution is -2.29. The monoisotopic (exact) mass is 417 g/mol. The van der Waals surface area contributed by atoms with Crippen molar-refractivity contribution in [1.29, 1.82) is 0 Å². The van der Waals surface area contributed by atoms with E-state index in [0.717, 1.165) is 0 Å². The van der Waals surface area contributed by atoms with Gasteiger partial charge in [-0.05, 0) is 18.2 Å². The molecule has 1 aromatic heterocycles. The lowest BCUT2D eigenvalue weighted by molar-refractivity contribution is -0.116. The van der Waals surface area contributed by atoms with E-state index in [1.807, 2.05) is 13.8 Å². The number of nitrogens with two attached hydrogens (primary N) is 1. The standard InChI is InChI=1S/C16H23N5O4S.ClH/c1-11(2)16-20-15(25-21-16)7-6-14(22)19-12-4-3-5-13(10-12)26(23,24)18-9-8-17;/h3-5,10-11,18H,6-9,17H2,1-2H3,(H,19,22);1H. The van der Waals surface area contributed by atoms with Crippen LogP contribution in [-0.2, 0) is 21.2 Å². The minimum Gasteiger partial charge on any atom is -0.339 e. The maximum absolute atomic E-state index is 12.1. The van der Waals surface area contributed by atoms with Crippen LogP contribution in [0.1, 0.15) is 37.9 Å². The summed E-state index contributed by atoms with van der Waals surface area (Å²) < 4.78 is 31.6. The normalized spacial score (nSPS) is 11.3. The summed E-state index contributed by atoms with van der Waals surface area (Å²) in [5.41, 5.74) is 5.70. The van der Waals surface area contributed by atoms with Crippen LogP contribution in [0.15, 0.2) is 33.7 Å². The summed E-state index contributed by atoms with van der Waals surface area (Å²) >= 11 is 0. The summed E-state index contributed by atoms with van der Waals surface area (Å²) in [5, 5.41) is 6.50. The summed E-state index contributed by atoms with van der Waals surface area (Å²) in [4.78, 5) is 16.3. The average Bonchev–Trinajstić information content (AvgIpc) is 3.08. The molecule has 0 bridgehead atoms. The second-order valence-electron chi connectivity index (χ2n) is 5.96. The third-order valence-electron chi connectivity index (χ3n) is 3.43. The molecule has 0 spiro atoms. The summed E-state index contributed by atoms with van der Waals surface area (Å²) in [7, 11) is -3.66. The van der Waals surface area contributed by atoms with E-state index in [0.29, 0.717) is 23.8 Å². The van der Waals surface area contributed by atoms with Crippen molar-refractivity contribution < 1.29 is 17.7 Å². The predicted octanol–water partition coefficient (Wildman–Crippen LogP) is 1.42. The number of nitrogens with one attached hydrogen (secondary N) is 2. The number of amides is 1. The van der Waals surface area contributed by atoms with Crippen LogP contribution in [-0.4, -0.2) is 37.6 Å². The molecule has 2 rings (SSSR count). The maximum Gasteiger partial charge on any atom is 0.240 e. The SMILES string of the molecule is CC(C)c1noc(CCC(=O)Nc2cccc(S(=O)(=O)NCCN)c2)n1.Cl. The maximum atomic E-state index is 12.1. The lowest BCUT2D eigenvalue weighted by atomic mass is 10.2. The van der Waals surface area contributed by atoms with Gasteiger partial charge >= 0.3 is 0 Å². The number of sulfonamides is 1. The fraction of sp³-hybridized carbons (Fsp3) is 0.438. The molecule has 4 N–H and O–H groups in total. The number of benzene rings is 1. The van der Waals surface area contributed by atoms with Crippen molar-refractivity contribution >= 4 is 34.0 Å². The van der Waals surface area contributed by atoms with Gasteiger partial charge in [0.05, 0.1) is 4.90 Å². The molecule has 2 aromatic rings. The van der Waals surface area contributed by atoms with Gasteiger partial charge in [-0.15, -0.1) is 12.4 Å². The third kappa shape index (κ3) is 6.90. The highest BCUT2D eigenvalue weighted by molar-refractivity contribution is 7.89. The minimum atomic E-state index is -3.66. The van der Waals surface area contributed by atoms with Gasteiger partial charge < -0.3 is 15.6 Å². The molecule has 11 heteroatoms. The van der Waals surface area contributed by atoms with Crippen molar-refractivity contribution in [1.82, 2.24) is 14.9 Å². The Morgan fingerprint density at radius 2 is 2.07 bits per heavy atom. The molecule has 1 amide bonds. The Kier molecular flexibility index (Phi) is 8.83. The number of hydrogen-bond donors (Lipinski definition) is 3. The molecule has 0 aliphatic heterocycles. The van der Waals surface area contributed by atoms with Crippen molar-refractivity contribution in [2.45, 2.75) is 37.5 Å². The van der Waals surface area contributed by atoms with Crippen LogP contribution in [0.3, 0.4) is 0 Å². The van der Waals surface area contributed by atoms with E-state index in [2.05, 4.69) is 20.2 Å². The molecule has 0 saturated carbocycles. The number of aryl methyl sites for hydroxylation is 1. The Bertz CT molecular complexity index is 854. The van der Waals surface area contributed by atoms with Gasteiger partial charge in [0, 0.05) is 37.5 Å². The van der Waals surface area contributed by atoms with Crippen LogP contribution < -0.4 is 15.8 Å². The first kappa shape index (κ1) is 23.0. The topological polar surface area (TPSA) is 140 Å². The zero-order valence-electron chi connectivity index (χ0n) is 15.1. The second kappa shape index (κ2) is 10.4. The van der Waals surface area contributed by atoms with Crippen molar-refractivity contribution in [3.63, 3.8) is 0 Å². The molecular formula is C16H24ClN5O4S. The fourth-order valence-corrected chi connectivity index (χ4v) is 3.16. The Morgan fingerprint density at radius 3 is 2.70 bits per heavy atom. The smallest absolute Gasteiger partial charge is 0.240 e. The molecule has 150 valence electrons. The number of halogens is 1. The van der Waals surface area contributed by atoms with Gasteiger partial charge in [-0.3, -0.25) is 4.79 Å². The first-order valence-corrected chi connectivity index (χ1v) is 9.72. The van der Waals surface area contributed by atoms with Crippen molar-refractivity contribution in [3.8, 4) is 0 Å². The lowest BCUT2D eigenvalue weighted by Gasteiger charge is -2.08. The number of hydrogen-bond acceptors (Lipinski definition) is 7. The number of carbonyl (C=O) groups is 1. The van der Waals surface area contributed by atoms with Crippen molar-refractivity contribution in [2.24, 2.45) is 5.73 Å². The molecule has 0 aliphatic rings. The van der Waals surface area contributed by atoms with Gasteiger partial charge in [-0.25, -0.2) is 13.1 Å². The van der Waals surface area contributed by atoms with Gasteiger partial charge in [0.15, 0.2) is 5.82 Å². The second-order valence-corrected chi connectivity index (χ2v) is 7.73. The van der Waals surface area contributed by atoms with Crippen LogP contribution in [0.5, 0.6) is 0 Å². The van der Waals surface area contributed by atoms with E-state index in [1.165, 1.54) is 12.1 Å². The molecule has 1 aromatic carbocycles. The average molecular weight is 418 g/mol. The van der Waals surface area contributed by atoms with Crippen LogP contribution in [0, 0.1) is 0 Å². The zero-order chi connectivity index (χ0) is 19.2. The van der Waals surface area contributed by atoms with Crippen LogP contribution in [0.4, 0.5) is 5.69 Å². The molecule has 0 unspecified atom stereocenters. The first-order valence-electron chi connectivity index (χ1n) is 8.24. The van der Waals surface area contributed by atoms with E-state index in [9.17, 15) is 13.2 Å². The Hall–Kier alpha value is -2.01. The van der Waals surface area contributed by atoms with Gasteiger partial charge in [-0.1, -0.05) is 25.1 Å². The Morgan fingerprint density at radius 1 is 1.33 bits per heavy atom. The highest BCUT2D eigenvalue weighted by atomic mass is 35.5. The number of nitrogens with zero attached hydrogens (tertiary/aromatic N) is 2. The molecule has 0 aliphatic carbocycles. The van der Waals surface area contributed by atoms with Gasteiger partial charge in [0.1, 0.15) is 0 Å². The van der Waals surface area contributed by atoms with Crippen molar-refractivity contribution in [2.75, 3.05) is 18.4 Å². The molecule has 0 radical (unpaired) electrons. The summed E-state index contributed by atoms with van der Waals surface area (Å²) in [5.74, 6) is 0.868. The number of aromatic nitrogens is 2. The minimum absolute atomic E-state index is 0. The van der Waals surface area contributed by atoms with Crippen LogP contribution in [0.2, 0.25) is 0 Å². The summed E-state index contributed by atoms with van der Waals surface area (Å²) in [6, 6.07) is 6.00. The molecular weight excluding hydrogens is 394 g/mol. The quantitative estimate of drug-likeness (QED) is 0.560. The molecule has 0 fully saturated rings. The van der Waals surface area contributed by atoms with Gasteiger partial charge in [0.25, 0.3) is 0 Å². The Balaban J connectivity index is 0.00000364. The largest absolute Gasteiger partial charge is 0.339 e. The third-order valence-corrected chi connectivity index (χ3v) is 4.89. The summed E-state index contributed by atoms with van der Waals surface area (Å²) in [6.07, 6.45) is 0.448. The first-order chi connectivity index (χ1) is 12.3. The fourth-order valence-electron chi connectivity index (χ4n) is 2.07. The number of carbonyl (C=O) groups excluding carboxylic acids is 1. The van der Waals surface area contributed by atoms with Crippen LogP contribution >= 0.6 is 12.4 Å². The van der Waals surface area contributed by atoms with E-state index in [4.69, 9.17) is 10.3 Å². The highest BCUT2D eigenvalue weighted by Crippen LogP contribution is 2.16. The molecule has 0 atom stereocenters. The van der Waals surface area contributed by atoms with E-state index < -0.39 is 10.0 Å². The Labute approximate surface area is 164 Å². The van der Waals surface area contributed by atoms with E-state index in [-0.39, 0.29) is 48.6 Å². The molecule has 9 nitrogen and oxygen atoms in total. The molecule has 27 heavy (non-hydrogen) atoms. The van der Waals surface area contributed by atoms with Gasteiger partial charge in [0.2, 0.25) is 21.8 Å². The molecule has 1 heterocycles. The number of anilines is 1. The predicted molar refractivity (Wildman–Crippen MR) is 103 cm³/mol. The zero-order valence-corrected chi connectivity index (χ0v) is 16.8. The van der Waals surface area contributed by atoms with Crippen LogP contribution in [0.25, 0.3) is 0 Å². The number of rotatable bonds is 9. The van der Waals surface area contributed by atoms with Crippen molar-refractivity contribution in [3.05, 3.63) is 36.0 Å². The van der Waals surface area contributed by atoms with E-state index >= 15 is 0 Å². The van der Waals surface area contributed by atoms with E-state index in [1.54, 1.807) is 12.1 Å². The highest BCUT2D eigenvalue weighted by Gasteiger charge is 2.15. The summed E-state index contributed by atoms with van der Waals surface area (Å²) in [6.45, 7) is 4.24.